The van der Waals surface area contributed by atoms with Crippen LogP contribution >= 0.6 is 7.81 Å². The number of para-hydroxylation sites is 2. The molecule has 0 saturated heterocycles. The van der Waals surface area contributed by atoms with E-state index in [0.717, 1.165) is 22.7 Å². The number of halogens is 6. The normalized spacial score (nSPS) is 16.1. The molecule has 0 fully saturated rings. The Morgan fingerprint density at radius 1 is 0.550 bits per heavy atom. The average molecular weight is 762 g/mol. The summed E-state index contributed by atoms with van der Waals surface area (Å²) in [5, 5.41) is 2.34. The molecular formula is C26H24AuF6N6P-2. The van der Waals surface area contributed by atoms with E-state index in [9.17, 15) is 25.2 Å². The van der Waals surface area contributed by atoms with E-state index >= 15 is 0 Å². The molecule has 0 radical (unpaired) electrons. The number of fused-ring (bicyclic) bond motifs is 2. The van der Waals surface area contributed by atoms with E-state index in [2.05, 4.69) is 34.2 Å². The van der Waals surface area contributed by atoms with Gasteiger partial charge in [-0.1, -0.05) is 36.4 Å². The molecule has 0 bridgehead atoms. The monoisotopic (exact) mass is 762 g/mol. The number of anilines is 2. The van der Waals surface area contributed by atoms with Gasteiger partial charge in [-0.3, -0.25) is 0 Å². The van der Waals surface area contributed by atoms with Gasteiger partial charge in [0.05, 0.1) is 11.0 Å². The number of benzene rings is 2. The van der Waals surface area contributed by atoms with Gasteiger partial charge in [-0.05, 0) is 75.3 Å². The van der Waals surface area contributed by atoms with Crippen LogP contribution in [0.25, 0.3) is 21.8 Å². The van der Waals surface area contributed by atoms with Crippen LogP contribution < -0.4 is 9.80 Å². The summed E-state index contributed by atoms with van der Waals surface area (Å²) in [7, 11) is -6.66. The van der Waals surface area contributed by atoms with Gasteiger partial charge in [0.25, 0.3) is 0 Å². The molecule has 2 aliphatic heterocycles. The van der Waals surface area contributed by atoms with E-state index in [1.807, 2.05) is 120 Å². The van der Waals surface area contributed by atoms with Gasteiger partial charge in [0, 0.05) is 10.8 Å². The van der Waals surface area contributed by atoms with Crippen LogP contribution in [-0.4, -0.2) is 33.9 Å². The molecular weight excluding hydrogens is 738 g/mol. The summed E-state index contributed by atoms with van der Waals surface area (Å²) in [5.41, 5.74) is 2.05. The number of nitrogens with zero attached hydrogens (tertiary/aromatic N) is 6. The minimum atomic E-state index is -10.7. The van der Waals surface area contributed by atoms with Crippen LogP contribution in [0.15, 0.2) is 97.6 Å². The summed E-state index contributed by atoms with van der Waals surface area (Å²) >= 11 is 0. The Bertz CT molecular complexity index is 1420. The molecule has 0 aliphatic carbocycles. The van der Waals surface area contributed by atoms with E-state index in [-0.39, 0.29) is 22.4 Å². The van der Waals surface area contributed by atoms with Crippen LogP contribution in [-0.2, 0) is 22.4 Å². The molecule has 218 valence electrons. The maximum absolute atomic E-state index is 10.7. The van der Waals surface area contributed by atoms with Crippen molar-refractivity contribution >= 4 is 41.3 Å². The summed E-state index contributed by atoms with van der Waals surface area (Å²) < 4.78 is 59.2. The fraction of sp³-hybridized carbons (Fsp3) is 0.0769. The zero-order valence-corrected chi connectivity index (χ0v) is 24.2. The molecule has 0 amide bonds. The van der Waals surface area contributed by atoms with Gasteiger partial charge in [-0.25, -0.2) is 9.97 Å². The van der Waals surface area contributed by atoms with Crippen molar-refractivity contribution in [1.82, 2.24) is 19.8 Å². The van der Waals surface area contributed by atoms with Crippen LogP contribution in [0.4, 0.5) is 36.8 Å². The fourth-order valence-corrected chi connectivity index (χ4v) is 3.57. The van der Waals surface area contributed by atoms with E-state index in [1.54, 1.807) is 0 Å². The first kappa shape index (κ1) is 31.2. The third kappa shape index (κ3) is 10.0. The molecule has 0 spiro atoms. The summed E-state index contributed by atoms with van der Waals surface area (Å²) in [6, 6.07) is 24.5. The van der Waals surface area contributed by atoms with Gasteiger partial charge in [-0.2, -0.15) is 0 Å². The van der Waals surface area contributed by atoms with Gasteiger partial charge in [0.15, 0.2) is 0 Å². The molecule has 2 aromatic carbocycles. The van der Waals surface area contributed by atoms with Crippen molar-refractivity contribution in [2.75, 3.05) is 23.9 Å². The largest absolute Gasteiger partial charge is 1.00 e. The van der Waals surface area contributed by atoms with Gasteiger partial charge < -0.3 is 19.6 Å². The minimum Gasteiger partial charge on any atom is 1.00 e. The van der Waals surface area contributed by atoms with Gasteiger partial charge >= 0.3 is 55.4 Å². The molecule has 0 N–H and O–H groups in total. The Labute approximate surface area is 242 Å². The van der Waals surface area contributed by atoms with Crippen molar-refractivity contribution in [1.29, 1.82) is 0 Å². The van der Waals surface area contributed by atoms with Crippen molar-refractivity contribution in [3.63, 3.8) is 0 Å². The smallest absolute Gasteiger partial charge is 1.00 e. The topological polar surface area (TPSA) is 38.7 Å². The molecule has 2 aromatic heterocycles. The zero-order chi connectivity index (χ0) is 28.3. The van der Waals surface area contributed by atoms with Crippen molar-refractivity contribution in [2.24, 2.45) is 0 Å². The first-order valence-corrected chi connectivity index (χ1v) is 13.5. The first-order chi connectivity index (χ1) is 18.1. The van der Waals surface area contributed by atoms with Crippen LogP contribution in [0.3, 0.4) is 0 Å². The summed E-state index contributed by atoms with van der Waals surface area (Å²) in [4.78, 5) is 17.2. The molecule has 6 nitrogen and oxygen atoms in total. The van der Waals surface area contributed by atoms with Gasteiger partial charge in [-0.15, -0.1) is 13.3 Å². The summed E-state index contributed by atoms with van der Waals surface area (Å²) in [6.07, 6.45) is 7.99. The maximum atomic E-state index is 9.87. The van der Waals surface area contributed by atoms with Crippen molar-refractivity contribution in [3.8, 4) is 0 Å². The van der Waals surface area contributed by atoms with Crippen LogP contribution in [0.1, 0.15) is 0 Å². The Morgan fingerprint density at radius 2 is 0.900 bits per heavy atom. The fourth-order valence-electron chi connectivity index (χ4n) is 3.57. The van der Waals surface area contributed by atoms with E-state index in [1.165, 1.54) is 10.8 Å². The van der Waals surface area contributed by atoms with Crippen LogP contribution in [0.5, 0.6) is 0 Å². The number of hydrogen-bond acceptors (Lipinski definition) is 6. The SMILES string of the molecule is CN1C=CN(c2ccc3ccccc3n2)[CH-]1.CN1C=CN(c2ccc3ccccc3n2)[CH-]1.F[P-](F)(F)(F)(F)F.[Au+]. The Morgan fingerprint density at radius 3 is 1.23 bits per heavy atom. The minimum absolute atomic E-state index is 0. The third-order valence-corrected chi connectivity index (χ3v) is 5.23. The standard InChI is InChI=1S/2C13H12N3.Au.F6P/c2*1-15-8-9-16(10-15)13-7-6-11-4-2-3-5-12(11)14-13;;1-7(2,3,4,5)6/h2*2-10H,1H3;;/q2*-1;+1;-1. The second-order valence-electron chi connectivity index (χ2n) is 8.66. The zero-order valence-electron chi connectivity index (χ0n) is 21.1. The van der Waals surface area contributed by atoms with Gasteiger partial charge in [0.1, 0.15) is 11.6 Å². The van der Waals surface area contributed by atoms with Crippen molar-refractivity contribution in [2.45, 2.75) is 0 Å². The van der Waals surface area contributed by atoms with Crippen LogP contribution in [0.2, 0.25) is 0 Å². The molecule has 2 aliphatic rings. The molecule has 14 heteroatoms. The molecule has 4 aromatic rings. The van der Waals surface area contributed by atoms with Crippen molar-refractivity contribution in [3.05, 3.63) is 111 Å². The predicted molar refractivity (Wildman–Crippen MR) is 144 cm³/mol. The number of pyridine rings is 2. The molecule has 0 unspecified atom stereocenters. The molecule has 6 rings (SSSR count). The predicted octanol–water partition coefficient (Wildman–Crippen LogP) is 8.53. The van der Waals surface area contributed by atoms with E-state index in [0.29, 0.717) is 0 Å². The number of hydrogen-bond donors (Lipinski definition) is 0. The molecule has 0 atom stereocenters. The second kappa shape index (κ2) is 11.3. The number of aromatic nitrogens is 2. The van der Waals surface area contributed by atoms with E-state index in [4.69, 9.17) is 0 Å². The van der Waals surface area contributed by atoms with Crippen molar-refractivity contribution < 1.29 is 47.6 Å². The Balaban J connectivity index is 0.000000177. The maximum Gasteiger partial charge on any atom is 1.00 e. The quantitative estimate of drug-likeness (QED) is 0.0883. The summed E-state index contributed by atoms with van der Waals surface area (Å²) in [5.74, 6) is 1.89. The Hall–Kier alpha value is -3.31. The molecule has 0 saturated carbocycles. The molecule has 4 heterocycles. The van der Waals surface area contributed by atoms with Gasteiger partial charge in [0.2, 0.25) is 0 Å². The first-order valence-electron chi connectivity index (χ1n) is 11.5. The number of rotatable bonds is 2. The average Bonchev–Trinajstić information content (AvgIpc) is 3.50. The van der Waals surface area contributed by atoms with Crippen LogP contribution in [0, 0.1) is 13.3 Å². The van der Waals surface area contributed by atoms with E-state index < -0.39 is 7.81 Å². The summed E-state index contributed by atoms with van der Waals surface area (Å²) in [6.45, 7) is 3.99. The molecule has 40 heavy (non-hydrogen) atoms. The Kier molecular flexibility index (Phi) is 8.81. The second-order valence-corrected chi connectivity index (χ2v) is 10.6. The third-order valence-electron chi connectivity index (χ3n) is 5.23.